The molecule has 0 radical (unpaired) electrons. The predicted molar refractivity (Wildman–Crippen MR) is 134 cm³/mol. The minimum atomic E-state index is -0.0817. The first kappa shape index (κ1) is 23.8. The minimum absolute atomic E-state index is 0. The Labute approximate surface area is 206 Å². The van der Waals surface area contributed by atoms with E-state index in [1.165, 1.54) is 11.3 Å². The first-order chi connectivity index (χ1) is 15.6. The van der Waals surface area contributed by atoms with Crippen LogP contribution in [0.25, 0.3) is 21.3 Å². The topological polar surface area (TPSA) is 76.4 Å². The van der Waals surface area contributed by atoms with Crippen molar-refractivity contribution >= 4 is 67.6 Å². The van der Waals surface area contributed by atoms with Crippen molar-refractivity contribution in [1.82, 2.24) is 24.9 Å². The number of benzene rings is 2. The zero-order chi connectivity index (χ0) is 22.1. The van der Waals surface area contributed by atoms with Crippen LogP contribution in [0.4, 0.5) is 5.13 Å². The molecule has 0 saturated carbocycles. The summed E-state index contributed by atoms with van der Waals surface area (Å²) >= 11 is 7.88. The third-order valence-corrected chi connectivity index (χ3v) is 7.21. The molecule has 3 heterocycles. The van der Waals surface area contributed by atoms with E-state index in [9.17, 15) is 4.79 Å². The fourth-order valence-corrected chi connectivity index (χ4v) is 5.21. The second-order valence-corrected chi connectivity index (χ2v) is 9.16. The average Bonchev–Trinajstić information content (AvgIpc) is 3.43. The Balaban J connectivity index is 0.00000259. The Bertz CT molecular complexity index is 1230. The molecule has 2 aromatic heterocycles. The average molecular weight is 507 g/mol. The summed E-state index contributed by atoms with van der Waals surface area (Å²) in [5.41, 5.74) is 3.47. The van der Waals surface area contributed by atoms with Crippen LogP contribution in [0.5, 0.6) is 0 Å². The largest absolute Gasteiger partial charge is 0.379 e. The molecular formula is C22H24Cl2N6O2S. The highest BCUT2D eigenvalue weighted by Gasteiger charge is 2.24. The first-order valence-corrected chi connectivity index (χ1v) is 11.7. The fourth-order valence-electron chi connectivity index (χ4n) is 3.85. The summed E-state index contributed by atoms with van der Waals surface area (Å²) in [6, 6.07) is 11.5. The van der Waals surface area contributed by atoms with Crippen LogP contribution in [-0.2, 0) is 16.1 Å². The molecule has 1 amide bonds. The first-order valence-electron chi connectivity index (χ1n) is 10.5. The molecule has 11 heteroatoms. The highest BCUT2D eigenvalue weighted by molar-refractivity contribution is 7.23. The summed E-state index contributed by atoms with van der Waals surface area (Å²) in [4.78, 5) is 22.4. The molecule has 1 saturated heterocycles. The van der Waals surface area contributed by atoms with Crippen LogP contribution in [0.15, 0.2) is 36.4 Å². The van der Waals surface area contributed by atoms with Crippen LogP contribution in [-0.4, -0.2) is 70.2 Å². The number of hydrogen-bond acceptors (Lipinski definition) is 7. The number of carbonyl (C=O) groups is 1. The van der Waals surface area contributed by atoms with Crippen LogP contribution in [0.3, 0.4) is 0 Å². The van der Waals surface area contributed by atoms with Gasteiger partial charge >= 0.3 is 0 Å². The number of carbonyl (C=O) groups excluding carboxylic acids is 1. The number of anilines is 1. The van der Waals surface area contributed by atoms with Gasteiger partial charge in [0.15, 0.2) is 5.13 Å². The maximum absolute atomic E-state index is 13.5. The fraction of sp³-hybridized carbons (Fsp3) is 0.364. The molecule has 33 heavy (non-hydrogen) atoms. The molecule has 5 rings (SSSR count). The van der Waals surface area contributed by atoms with Crippen molar-refractivity contribution in [1.29, 1.82) is 0 Å². The smallest absolute Gasteiger partial charge is 0.250 e. The van der Waals surface area contributed by atoms with E-state index in [2.05, 4.69) is 15.2 Å². The van der Waals surface area contributed by atoms with E-state index < -0.39 is 0 Å². The lowest BCUT2D eigenvalue weighted by atomic mass is 10.2. The number of morpholine rings is 1. The Morgan fingerprint density at radius 2 is 2.00 bits per heavy atom. The van der Waals surface area contributed by atoms with Gasteiger partial charge in [0.25, 0.3) is 5.91 Å². The summed E-state index contributed by atoms with van der Waals surface area (Å²) in [7, 11) is 0. The zero-order valence-corrected chi connectivity index (χ0v) is 20.5. The van der Waals surface area contributed by atoms with E-state index >= 15 is 0 Å². The van der Waals surface area contributed by atoms with Crippen molar-refractivity contribution in [3.63, 3.8) is 0 Å². The molecule has 0 N–H and O–H groups in total. The summed E-state index contributed by atoms with van der Waals surface area (Å²) in [5, 5.41) is 9.66. The molecule has 4 aromatic rings. The zero-order valence-electron chi connectivity index (χ0n) is 18.1. The number of ether oxygens (including phenoxy) is 1. The lowest BCUT2D eigenvalue weighted by Crippen LogP contribution is -2.44. The van der Waals surface area contributed by atoms with Gasteiger partial charge in [-0.25, -0.2) is 9.67 Å². The molecule has 0 spiro atoms. The van der Waals surface area contributed by atoms with Gasteiger partial charge in [-0.15, -0.1) is 17.5 Å². The van der Waals surface area contributed by atoms with Crippen molar-refractivity contribution < 1.29 is 9.53 Å². The maximum atomic E-state index is 13.5. The molecule has 0 bridgehead atoms. The summed E-state index contributed by atoms with van der Waals surface area (Å²) in [5.74, 6) is -0.0817. The van der Waals surface area contributed by atoms with Gasteiger partial charge in [0.2, 0.25) is 0 Å². The lowest BCUT2D eigenvalue weighted by molar-refractivity contribution is -0.119. The standard InChI is InChI=1S/C22H23ClN6O2S.ClH/c1-15-6-7-16(23)21-20(15)24-22(32-21)28(9-8-27-10-12-31-13-11-27)19(30)14-29-18-5-3-2-4-17(18)25-26-29;/h2-7H,8-14H2,1H3;1H. The molecule has 8 nitrogen and oxygen atoms in total. The van der Waals surface area contributed by atoms with Gasteiger partial charge in [0, 0.05) is 26.2 Å². The highest BCUT2D eigenvalue weighted by Crippen LogP contribution is 2.35. The number of hydrogen-bond donors (Lipinski definition) is 0. The van der Waals surface area contributed by atoms with Crippen LogP contribution < -0.4 is 4.90 Å². The van der Waals surface area contributed by atoms with Gasteiger partial charge in [-0.05, 0) is 30.7 Å². The number of aryl methyl sites for hydroxylation is 1. The van der Waals surface area contributed by atoms with Crippen molar-refractivity contribution in [2.24, 2.45) is 0 Å². The number of rotatable bonds is 6. The summed E-state index contributed by atoms with van der Waals surface area (Å²) in [6.45, 7) is 6.53. The Morgan fingerprint density at radius 3 is 2.79 bits per heavy atom. The van der Waals surface area contributed by atoms with Crippen LogP contribution >= 0.6 is 35.3 Å². The normalized spacial score (nSPS) is 14.5. The number of amides is 1. The number of thiazole rings is 1. The lowest BCUT2D eigenvalue weighted by Gasteiger charge is -2.29. The van der Waals surface area contributed by atoms with Crippen molar-refractivity contribution in [2.75, 3.05) is 44.3 Å². The van der Waals surface area contributed by atoms with Crippen LogP contribution in [0.1, 0.15) is 5.56 Å². The van der Waals surface area contributed by atoms with Gasteiger partial charge in [0.05, 0.1) is 34.0 Å². The Hall–Kier alpha value is -2.30. The summed E-state index contributed by atoms with van der Waals surface area (Å²) in [6.07, 6.45) is 0. The van der Waals surface area contributed by atoms with Crippen molar-refractivity contribution in [2.45, 2.75) is 13.5 Å². The molecule has 1 fully saturated rings. The van der Waals surface area contributed by atoms with Gasteiger partial charge in [-0.1, -0.05) is 46.4 Å². The molecule has 0 aliphatic carbocycles. The molecule has 1 aliphatic heterocycles. The number of halogens is 2. The quantitative estimate of drug-likeness (QED) is 0.395. The Morgan fingerprint density at radius 1 is 1.21 bits per heavy atom. The monoisotopic (exact) mass is 506 g/mol. The number of para-hydroxylation sites is 1. The van der Waals surface area contributed by atoms with Crippen LogP contribution in [0.2, 0.25) is 5.02 Å². The van der Waals surface area contributed by atoms with Gasteiger partial charge < -0.3 is 4.74 Å². The molecule has 1 aliphatic rings. The van der Waals surface area contributed by atoms with E-state index in [1.807, 2.05) is 43.3 Å². The SMILES string of the molecule is Cc1ccc(Cl)c2sc(N(CCN3CCOCC3)C(=O)Cn3nnc4ccccc43)nc12.Cl. The summed E-state index contributed by atoms with van der Waals surface area (Å²) < 4.78 is 7.99. The van der Waals surface area contributed by atoms with Crippen molar-refractivity contribution in [3.05, 3.63) is 47.0 Å². The third kappa shape index (κ3) is 4.97. The van der Waals surface area contributed by atoms with E-state index in [1.54, 1.807) is 9.58 Å². The van der Waals surface area contributed by atoms with Crippen LogP contribution in [0, 0.1) is 6.92 Å². The minimum Gasteiger partial charge on any atom is -0.379 e. The molecule has 2 aromatic carbocycles. The van der Waals surface area contributed by atoms with E-state index in [4.69, 9.17) is 21.3 Å². The molecule has 174 valence electrons. The highest BCUT2D eigenvalue weighted by atomic mass is 35.5. The van der Waals surface area contributed by atoms with Gasteiger partial charge in [-0.2, -0.15) is 0 Å². The second-order valence-electron chi connectivity index (χ2n) is 7.77. The molecule has 0 unspecified atom stereocenters. The predicted octanol–water partition coefficient (Wildman–Crippen LogP) is 3.79. The Kier molecular flexibility index (Phi) is 7.45. The van der Waals surface area contributed by atoms with E-state index in [0.29, 0.717) is 16.7 Å². The second kappa shape index (κ2) is 10.3. The van der Waals surface area contributed by atoms with Gasteiger partial charge in [0.1, 0.15) is 12.1 Å². The van der Waals surface area contributed by atoms with E-state index in [0.717, 1.165) is 59.7 Å². The van der Waals surface area contributed by atoms with E-state index in [-0.39, 0.29) is 24.9 Å². The number of nitrogens with zero attached hydrogens (tertiary/aromatic N) is 6. The number of aromatic nitrogens is 4. The molecule has 0 atom stereocenters. The maximum Gasteiger partial charge on any atom is 0.250 e. The molecular weight excluding hydrogens is 483 g/mol. The number of fused-ring (bicyclic) bond motifs is 2. The third-order valence-electron chi connectivity index (χ3n) is 5.67. The van der Waals surface area contributed by atoms with Crippen molar-refractivity contribution in [3.8, 4) is 0 Å². The van der Waals surface area contributed by atoms with Gasteiger partial charge in [-0.3, -0.25) is 14.6 Å².